The largest absolute Gasteiger partial charge is 0.349 e. The van der Waals surface area contributed by atoms with Gasteiger partial charge in [0.25, 0.3) is 5.91 Å². The molecule has 0 aliphatic rings. The standard InChI is InChI=1S/C20H19F2N3O/c1-12-5-3-6-14(9-12)10-13(2)24-20(26)15-11-23-25-19(15)18-16(21)7-4-8-17(18)22/h3-9,11,13H,10H2,1-2H3,(H,23,25)(H,24,26). The minimum absolute atomic E-state index is 0.0286. The van der Waals surface area contributed by atoms with E-state index in [0.29, 0.717) is 6.42 Å². The summed E-state index contributed by atoms with van der Waals surface area (Å²) in [7, 11) is 0. The molecule has 0 fully saturated rings. The van der Waals surface area contributed by atoms with E-state index in [1.54, 1.807) is 0 Å². The lowest BCUT2D eigenvalue weighted by Gasteiger charge is -2.14. The fraction of sp³-hybridized carbons (Fsp3) is 0.200. The smallest absolute Gasteiger partial charge is 0.255 e. The average Bonchev–Trinajstić information content (AvgIpc) is 3.04. The summed E-state index contributed by atoms with van der Waals surface area (Å²) in [6.45, 7) is 3.89. The maximum absolute atomic E-state index is 14.0. The monoisotopic (exact) mass is 355 g/mol. The zero-order valence-corrected chi connectivity index (χ0v) is 14.5. The number of carbonyl (C=O) groups excluding carboxylic acids is 1. The normalized spacial score (nSPS) is 12.0. The Morgan fingerprint density at radius 3 is 2.58 bits per heavy atom. The third-order valence-electron chi connectivity index (χ3n) is 4.10. The third kappa shape index (κ3) is 3.79. The number of aromatic amines is 1. The van der Waals surface area contributed by atoms with E-state index in [1.165, 1.54) is 12.3 Å². The van der Waals surface area contributed by atoms with Gasteiger partial charge in [0.15, 0.2) is 0 Å². The van der Waals surface area contributed by atoms with E-state index in [0.717, 1.165) is 23.3 Å². The van der Waals surface area contributed by atoms with Gasteiger partial charge in [-0.3, -0.25) is 9.89 Å². The SMILES string of the molecule is Cc1cccc(CC(C)NC(=O)c2cn[nH]c2-c2c(F)cccc2F)c1. The van der Waals surface area contributed by atoms with Crippen molar-refractivity contribution in [2.45, 2.75) is 26.3 Å². The van der Waals surface area contributed by atoms with Crippen molar-refractivity contribution in [3.8, 4) is 11.3 Å². The molecular weight excluding hydrogens is 336 g/mol. The molecule has 0 saturated heterocycles. The fourth-order valence-electron chi connectivity index (χ4n) is 2.93. The molecular formula is C20H19F2N3O. The minimum atomic E-state index is -0.754. The molecule has 3 aromatic rings. The molecule has 0 bridgehead atoms. The van der Waals surface area contributed by atoms with Gasteiger partial charge in [-0.15, -0.1) is 0 Å². The summed E-state index contributed by atoms with van der Waals surface area (Å²) < 4.78 is 28.1. The van der Waals surface area contributed by atoms with Gasteiger partial charge in [-0.05, 0) is 38.0 Å². The third-order valence-corrected chi connectivity index (χ3v) is 4.10. The lowest BCUT2D eigenvalue weighted by atomic mass is 10.0. The molecule has 4 nitrogen and oxygen atoms in total. The molecule has 2 N–H and O–H groups in total. The number of amides is 1. The second-order valence-corrected chi connectivity index (χ2v) is 6.32. The Morgan fingerprint density at radius 1 is 1.19 bits per heavy atom. The number of rotatable bonds is 5. The lowest BCUT2D eigenvalue weighted by molar-refractivity contribution is 0.0941. The fourth-order valence-corrected chi connectivity index (χ4v) is 2.93. The van der Waals surface area contributed by atoms with Gasteiger partial charge in [0.2, 0.25) is 0 Å². The predicted octanol–water partition coefficient (Wildman–Crippen LogP) is 4.02. The van der Waals surface area contributed by atoms with Gasteiger partial charge in [0.05, 0.1) is 23.0 Å². The van der Waals surface area contributed by atoms with Gasteiger partial charge < -0.3 is 5.32 Å². The highest BCUT2D eigenvalue weighted by atomic mass is 19.1. The number of carbonyl (C=O) groups is 1. The van der Waals surface area contributed by atoms with Crippen LogP contribution in [0.2, 0.25) is 0 Å². The topological polar surface area (TPSA) is 57.8 Å². The zero-order valence-electron chi connectivity index (χ0n) is 14.5. The summed E-state index contributed by atoms with van der Waals surface area (Å²) in [6.07, 6.45) is 1.92. The summed E-state index contributed by atoms with van der Waals surface area (Å²) >= 11 is 0. The van der Waals surface area contributed by atoms with Crippen molar-refractivity contribution >= 4 is 5.91 Å². The first-order chi connectivity index (χ1) is 12.5. The number of benzene rings is 2. The number of hydrogen-bond donors (Lipinski definition) is 2. The van der Waals surface area contributed by atoms with Crippen LogP contribution >= 0.6 is 0 Å². The average molecular weight is 355 g/mol. The Kier molecular flexibility index (Phi) is 5.11. The van der Waals surface area contributed by atoms with Gasteiger partial charge in [0.1, 0.15) is 11.6 Å². The second-order valence-electron chi connectivity index (χ2n) is 6.32. The Morgan fingerprint density at radius 2 is 1.88 bits per heavy atom. The van der Waals surface area contributed by atoms with E-state index in [1.807, 2.05) is 32.0 Å². The molecule has 2 aromatic carbocycles. The molecule has 26 heavy (non-hydrogen) atoms. The van der Waals surface area contributed by atoms with Crippen molar-refractivity contribution in [1.29, 1.82) is 0 Å². The van der Waals surface area contributed by atoms with Gasteiger partial charge in [0, 0.05) is 6.04 Å². The van der Waals surface area contributed by atoms with Crippen molar-refractivity contribution in [3.05, 3.63) is 77.0 Å². The van der Waals surface area contributed by atoms with Crippen molar-refractivity contribution in [2.24, 2.45) is 0 Å². The quantitative estimate of drug-likeness (QED) is 0.726. The Hall–Kier alpha value is -3.02. The predicted molar refractivity (Wildman–Crippen MR) is 95.8 cm³/mol. The first-order valence-corrected chi connectivity index (χ1v) is 8.30. The van der Waals surface area contributed by atoms with Crippen LogP contribution in [-0.2, 0) is 6.42 Å². The Balaban J connectivity index is 1.78. The van der Waals surface area contributed by atoms with Crippen molar-refractivity contribution in [2.75, 3.05) is 0 Å². The van der Waals surface area contributed by atoms with Gasteiger partial charge in [-0.25, -0.2) is 8.78 Å². The number of aryl methyl sites for hydroxylation is 1. The molecule has 3 rings (SSSR count). The molecule has 1 heterocycles. The molecule has 0 radical (unpaired) electrons. The first kappa shape index (κ1) is 17.8. The van der Waals surface area contributed by atoms with Gasteiger partial charge in [-0.2, -0.15) is 5.10 Å². The van der Waals surface area contributed by atoms with E-state index in [2.05, 4.69) is 21.6 Å². The van der Waals surface area contributed by atoms with Gasteiger partial charge in [-0.1, -0.05) is 35.9 Å². The zero-order chi connectivity index (χ0) is 18.7. The van der Waals surface area contributed by atoms with Crippen molar-refractivity contribution in [1.82, 2.24) is 15.5 Å². The minimum Gasteiger partial charge on any atom is -0.349 e. The van der Waals surface area contributed by atoms with Crippen LogP contribution in [0.3, 0.4) is 0 Å². The van der Waals surface area contributed by atoms with Crippen LogP contribution in [-0.4, -0.2) is 22.1 Å². The summed E-state index contributed by atoms with van der Waals surface area (Å²) in [5, 5.41) is 9.17. The molecule has 0 aliphatic heterocycles. The summed E-state index contributed by atoms with van der Waals surface area (Å²) in [5.74, 6) is -1.94. The Bertz CT molecular complexity index is 916. The lowest BCUT2D eigenvalue weighted by Crippen LogP contribution is -2.34. The number of halogens is 2. The van der Waals surface area contributed by atoms with Crippen LogP contribution in [0.5, 0.6) is 0 Å². The van der Waals surface area contributed by atoms with Crippen LogP contribution in [0.15, 0.2) is 48.7 Å². The van der Waals surface area contributed by atoms with E-state index in [9.17, 15) is 13.6 Å². The highest BCUT2D eigenvalue weighted by molar-refractivity contribution is 6.00. The summed E-state index contributed by atoms with van der Waals surface area (Å²) in [6, 6.07) is 11.4. The maximum Gasteiger partial charge on any atom is 0.255 e. The Labute approximate surface area is 150 Å². The summed E-state index contributed by atoms with van der Waals surface area (Å²) in [5.41, 5.74) is 2.09. The first-order valence-electron chi connectivity index (χ1n) is 8.30. The molecule has 134 valence electrons. The summed E-state index contributed by atoms with van der Waals surface area (Å²) in [4.78, 5) is 12.6. The van der Waals surface area contributed by atoms with E-state index in [4.69, 9.17) is 0 Å². The van der Waals surface area contributed by atoms with Crippen molar-refractivity contribution in [3.63, 3.8) is 0 Å². The van der Waals surface area contributed by atoms with E-state index in [-0.39, 0.29) is 22.9 Å². The van der Waals surface area contributed by atoms with E-state index < -0.39 is 17.5 Å². The van der Waals surface area contributed by atoms with Gasteiger partial charge >= 0.3 is 0 Å². The van der Waals surface area contributed by atoms with Crippen LogP contribution in [0.4, 0.5) is 8.78 Å². The molecule has 0 saturated carbocycles. The molecule has 1 amide bonds. The second kappa shape index (κ2) is 7.47. The highest BCUT2D eigenvalue weighted by Gasteiger charge is 2.21. The number of nitrogens with zero attached hydrogens (tertiary/aromatic N) is 1. The highest BCUT2D eigenvalue weighted by Crippen LogP contribution is 2.27. The molecule has 0 spiro atoms. The maximum atomic E-state index is 14.0. The van der Waals surface area contributed by atoms with Crippen LogP contribution < -0.4 is 5.32 Å². The van der Waals surface area contributed by atoms with Crippen LogP contribution in [0.1, 0.15) is 28.4 Å². The van der Waals surface area contributed by atoms with Crippen LogP contribution in [0.25, 0.3) is 11.3 Å². The molecule has 1 unspecified atom stereocenters. The number of aromatic nitrogens is 2. The molecule has 6 heteroatoms. The van der Waals surface area contributed by atoms with E-state index >= 15 is 0 Å². The molecule has 1 atom stereocenters. The van der Waals surface area contributed by atoms with Crippen LogP contribution in [0, 0.1) is 18.6 Å². The number of nitrogens with one attached hydrogen (secondary N) is 2. The number of hydrogen-bond acceptors (Lipinski definition) is 2. The molecule has 0 aliphatic carbocycles. The number of H-pyrrole nitrogens is 1. The van der Waals surface area contributed by atoms with Crippen molar-refractivity contribution < 1.29 is 13.6 Å². The molecule has 1 aromatic heterocycles.